The van der Waals surface area contributed by atoms with E-state index in [1.54, 1.807) is 0 Å². The molecule has 1 aromatic carbocycles. The van der Waals surface area contributed by atoms with Gasteiger partial charge < -0.3 is 19.1 Å². The van der Waals surface area contributed by atoms with E-state index in [-0.39, 0.29) is 23.8 Å². The molecule has 0 aliphatic carbocycles. The van der Waals surface area contributed by atoms with E-state index in [0.717, 1.165) is 0 Å². The summed E-state index contributed by atoms with van der Waals surface area (Å²) in [6.45, 7) is 0.196. The molecule has 1 heterocycles. The Bertz CT molecular complexity index is 638. The van der Waals surface area contributed by atoms with Crippen molar-refractivity contribution in [3.8, 4) is 17.0 Å². The summed E-state index contributed by atoms with van der Waals surface area (Å²) in [6, 6.07) is 3.91. The predicted molar refractivity (Wildman–Crippen MR) is 66.1 cm³/mol. The van der Waals surface area contributed by atoms with Gasteiger partial charge in [0.2, 0.25) is 5.76 Å². The van der Waals surface area contributed by atoms with Gasteiger partial charge in [0.15, 0.2) is 11.6 Å². The van der Waals surface area contributed by atoms with E-state index in [1.807, 2.05) is 0 Å². The first-order valence-corrected chi connectivity index (χ1v) is 5.62. The van der Waals surface area contributed by atoms with Gasteiger partial charge in [-0.2, -0.15) is 0 Å². The van der Waals surface area contributed by atoms with Crippen molar-refractivity contribution < 1.29 is 28.3 Å². The maximum absolute atomic E-state index is 13.8. The number of halogens is 1. The Labute approximate surface area is 113 Å². The number of aromatic carboxylic acids is 1. The average Bonchev–Trinajstić information content (AvgIpc) is 2.90. The van der Waals surface area contributed by atoms with Crippen LogP contribution in [0.5, 0.6) is 5.75 Å². The molecule has 6 nitrogen and oxygen atoms in total. The number of nitrogens with zero attached hydrogens (tertiary/aromatic N) is 1. The van der Waals surface area contributed by atoms with Gasteiger partial charge in [-0.05, 0) is 17.7 Å². The molecule has 0 bridgehead atoms. The number of methoxy groups -OCH3 is 2. The highest BCUT2D eigenvalue weighted by molar-refractivity contribution is 5.85. The van der Waals surface area contributed by atoms with Gasteiger partial charge in [0.05, 0.1) is 13.7 Å². The highest BCUT2D eigenvalue weighted by Gasteiger charge is 2.17. The van der Waals surface area contributed by atoms with Gasteiger partial charge in [0, 0.05) is 18.7 Å². The van der Waals surface area contributed by atoms with Crippen LogP contribution in [0.25, 0.3) is 11.3 Å². The van der Waals surface area contributed by atoms with Crippen LogP contribution in [0.2, 0.25) is 0 Å². The van der Waals surface area contributed by atoms with Crippen LogP contribution in [0.4, 0.5) is 4.39 Å². The van der Waals surface area contributed by atoms with E-state index in [2.05, 4.69) is 9.68 Å². The molecule has 1 N–H and O–H groups in total. The summed E-state index contributed by atoms with van der Waals surface area (Å²) >= 11 is 0. The number of hydrogen-bond donors (Lipinski definition) is 1. The summed E-state index contributed by atoms with van der Waals surface area (Å²) in [7, 11) is 2.85. The van der Waals surface area contributed by atoms with E-state index in [1.165, 1.54) is 32.4 Å². The second-order valence-electron chi connectivity index (χ2n) is 3.96. The van der Waals surface area contributed by atoms with Crippen LogP contribution in [0, 0.1) is 5.82 Å². The van der Waals surface area contributed by atoms with Crippen molar-refractivity contribution in [1.29, 1.82) is 0 Å². The third-order valence-corrected chi connectivity index (χ3v) is 2.67. The molecule has 1 aromatic heterocycles. The Balaban J connectivity index is 2.52. The van der Waals surface area contributed by atoms with Gasteiger partial charge in [-0.15, -0.1) is 0 Å². The zero-order valence-electron chi connectivity index (χ0n) is 10.8. The van der Waals surface area contributed by atoms with Gasteiger partial charge in [-0.3, -0.25) is 0 Å². The fraction of sp³-hybridized carbons (Fsp3) is 0.231. The molecule has 20 heavy (non-hydrogen) atoms. The van der Waals surface area contributed by atoms with Crippen LogP contribution in [0.3, 0.4) is 0 Å². The largest absolute Gasteiger partial charge is 0.494 e. The number of benzene rings is 1. The van der Waals surface area contributed by atoms with Crippen molar-refractivity contribution in [3.05, 3.63) is 35.3 Å². The summed E-state index contributed by atoms with van der Waals surface area (Å²) in [6.07, 6.45) is 0. The van der Waals surface area contributed by atoms with Crippen LogP contribution < -0.4 is 4.74 Å². The standard InChI is InChI=1S/C13H12FNO5/c1-18-6-7-3-11(19-2)9(14)4-8(7)10-5-12(13(16)17)20-15-10/h3-5H,6H2,1-2H3,(H,16,17). The van der Waals surface area contributed by atoms with Crippen molar-refractivity contribution in [2.45, 2.75) is 6.61 Å². The van der Waals surface area contributed by atoms with Crippen LogP contribution >= 0.6 is 0 Å². The summed E-state index contributed by atoms with van der Waals surface area (Å²) in [5.41, 5.74) is 1.22. The lowest BCUT2D eigenvalue weighted by molar-refractivity contribution is 0.0652. The maximum Gasteiger partial charge on any atom is 0.374 e. The Morgan fingerprint density at radius 3 is 2.70 bits per heavy atom. The minimum Gasteiger partial charge on any atom is -0.494 e. The normalized spacial score (nSPS) is 10.6. The zero-order chi connectivity index (χ0) is 14.7. The molecule has 0 spiro atoms. The van der Waals surface area contributed by atoms with Crippen LogP contribution in [-0.2, 0) is 11.3 Å². The monoisotopic (exact) mass is 281 g/mol. The molecule has 0 aliphatic heterocycles. The predicted octanol–water partition coefficient (Wildman–Crippen LogP) is 2.33. The topological polar surface area (TPSA) is 81.8 Å². The van der Waals surface area contributed by atoms with Crippen LogP contribution in [0.1, 0.15) is 16.1 Å². The second kappa shape index (κ2) is 5.70. The average molecular weight is 281 g/mol. The molecule has 0 saturated carbocycles. The maximum atomic E-state index is 13.8. The van der Waals surface area contributed by atoms with Crippen molar-refractivity contribution >= 4 is 5.97 Å². The minimum absolute atomic E-state index is 0.0720. The molecule has 0 fully saturated rings. The van der Waals surface area contributed by atoms with Gasteiger partial charge >= 0.3 is 5.97 Å². The zero-order valence-corrected chi connectivity index (χ0v) is 10.8. The van der Waals surface area contributed by atoms with Crippen LogP contribution in [-0.4, -0.2) is 30.5 Å². The fourth-order valence-electron chi connectivity index (χ4n) is 1.77. The van der Waals surface area contributed by atoms with E-state index in [0.29, 0.717) is 11.1 Å². The first kappa shape index (κ1) is 14.0. The molecule has 0 unspecified atom stereocenters. The summed E-state index contributed by atoms with van der Waals surface area (Å²) in [5, 5.41) is 12.4. The Kier molecular flexibility index (Phi) is 3.99. The van der Waals surface area contributed by atoms with E-state index in [4.69, 9.17) is 14.6 Å². The molecule has 0 atom stereocenters. The number of rotatable bonds is 5. The highest BCUT2D eigenvalue weighted by atomic mass is 19.1. The smallest absolute Gasteiger partial charge is 0.374 e. The van der Waals surface area contributed by atoms with E-state index < -0.39 is 11.8 Å². The Morgan fingerprint density at radius 2 is 2.15 bits per heavy atom. The molecular formula is C13H12FNO5. The number of carboxylic acids is 1. The molecule has 0 saturated heterocycles. The molecule has 106 valence electrons. The van der Waals surface area contributed by atoms with Crippen molar-refractivity contribution in [3.63, 3.8) is 0 Å². The molecule has 0 amide bonds. The summed E-state index contributed by atoms with van der Waals surface area (Å²) < 4.78 is 28.4. The number of aromatic nitrogens is 1. The lowest BCUT2D eigenvalue weighted by Crippen LogP contribution is -1.97. The third-order valence-electron chi connectivity index (χ3n) is 2.67. The third kappa shape index (κ3) is 2.62. The molecular weight excluding hydrogens is 269 g/mol. The number of carboxylic acid groups (broad SMARTS) is 1. The highest BCUT2D eigenvalue weighted by Crippen LogP contribution is 2.30. The first-order chi connectivity index (χ1) is 9.56. The lowest BCUT2D eigenvalue weighted by Gasteiger charge is -2.09. The SMILES string of the molecule is COCc1cc(OC)c(F)cc1-c1cc(C(=O)O)on1. The second-order valence-corrected chi connectivity index (χ2v) is 3.96. The van der Waals surface area contributed by atoms with Crippen molar-refractivity contribution in [2.75, 3.05) is 14.2 Å². The number of ether oxygens (including phenoxy) is 2. The van der Waals surface area contributed by atoms with Crippen molar-refractivity contribution in [1.82, 2.24) is 5.16 Å². The van der Waals surface area contributed by atoms with Gasteiger partial charge in [-0.1, -0.05) is 5.16 Å². The van der Waals surface area contributed by atoms with Crippen molar-refractivity contribution in [2.24, 2.45) is 0 Å². The molecule has 2 rings (SSSR count). The fourth-order valence-corrected chi connectivity index (χ4v) is 1.77. The summed E-state index contributed by atoms with van der Waals surface area (Å²) in [5.74, 6) is -2.07. The Hall–Kier alpha value is -2.41. The molecule has 2 aromatic rings. The van der Waals surface area contributed by atoms with Gasteiger partial charge in [0.25, 0.3) is 0 Å². The molecule has 0 radical (unpaired) electrons. The van der Waals surface area contributed by atoms with Gasteiger partial charge in [0.1, 0.15) is 5.69 Å². The minimum atomic E-state index is -1.24. The quantitative estimate of drug-likeness (QED) is 0.905. The lowest BCUT2D eigenvalue weighted by atomic mass is 10.0. The molecule has 7 heteroatoms. The molecule has 0 aliphatic rings. The van der Waals surface area contributed by atoms with Gasteiger partial charge in [-0.25, -0.2) is 9.18 Å². The Morgan fingerprint density at radius 1 is 1.40 bits per heavy atom. The van der Waals surface area contributed by atoms with E-state index >= 15 is 0 Å². The van der Waals surface area contributed by atoms with Crippen LogP contribution in [0.15, 0.2) is 22.7 Å². The first-order valence-electron chi connectivity index (χ1n) is 5.62. The summed E-state index contributed by atoms with van der Waals surface area (Å²) in [4.78, 5) is 10.8. The van der Waals surface area contributed by atoms with E-state index in [9.17, 15) is 9.18 Å². The number of carbonyl (C=O) groups is 1. The number of hydrogen-bond acceptors (Lipinski definition) is 5.